The summed E-state index contributed by atoms with van der Waals surface area (Å²) in [6.07, 6.45) is 0. The molecule has 3 aromatic rings. The van der Waals surface area contributed by atoms with Crippen LogP contribution in [0.2, 0.25) is 0 Å². The highest BCUT2D eigenvalue weighted by Crippen LogP contribution is 2.16. The Hall–Kier alpha value is -1.95. The number of fused-ring (bicyclic) bond motifs is 1. The van der Waals surface area contributed by atoms with E-state index in [1.807, 2.05) is 25.1 Å². The van der Waals surface area contributed by atoms with E-state index in [0.29, 0.717) is 0 Å². The van der Waals surface area contributed by atoms with E-state index in [1.165, 1.54) is 0 Å². The molecule has 1 aromatic carbocycles. The van der Waals surface area contributed by atoms with E-state index < -0.39 is 0 Å². The second-order valence-electron chi connectivity index (χ2n) is 3.74. The maximum absolute atomic E-state index is 4.40. The Bertz CT molecular complexity index is 642. The van der Waals surface area contributed by atoms with Crippen LogP contribution in [0, 0.1) is 6.92 Å². The number of H-pyrrole nitrogens is 1. The van der Waals surface area contributed by atoms with Gasteiger partial charge in [-0.1, -0.05) is 0 Å². The van der Waals surface area contributed by atoms with Gasteiger partial charge in [-0.3, -0.25) is 0 Å². The molecule has 0 amide bonds. The molecule has 2 N–H and O–H groups in total. The summed E-state index contributed by atoms with van der Waals surface area (Å²) in [5, 5.41) is 17.1. The number of hydrogen-bond acceptors (Lipinski definition) is 5. The summed E-state index contributed by atoms with van der Waals surface area (Å²) in [6, 6.07) is 5.90. The normalized spacial score (nSPS) is 10.9. The van der Waals surface area contributed by atoms with Gasteiger partial charge in [-0.15, -0.1) is 11.3 Å². The van der Waals surface area contributed by atoms with Crippen LogP contribution in [-0.4, -0.2) is 20.4 Å². The summed E-state index contributed by atoms with van der Waals surface area (Å²) < 4.78 is 0. The van der Waals surface area contributed by atoms with E-state index >= 15 is 0 Å². The number of nitrogens with one attached hydrogen (secondary N) is 2. The number of nitrogens with zero attached hydrogens (tertiary/aromatic N) is 3. The van der Waals surface area contributed by atoms with E-state index in [1.54, 1.807) is 11.3 Å². The third kappa shape index (κ3) is 2.12. The Labute approximate surface area is 102 Å². The van der Waals surface area contributed by atoms with Crippen molar-refractivity contribution in [1.29, 1.82) is 0 Å². The van der Waals surface area contributed by atoms with Crippen molar-refractivity contribution in [2.24, 2.45) is 0 Å². The molecule has 6 heteroatoms. The molecule has 0 aliphatic rings. The maximum Gasteiger partial charge on any atom is 0.115 e. The molecule has 2 heterocycles. The first-order valence-electron chi connectivity index (χ1n) is 5.27. The summed E-state index contributed by atoms with van der Waals surface area (Å²) in [5.41, 5.74) is 3.83. The molecule has 0 spiro atoms. The smallest absolute Gasteiger partial charge is 0.115 e. The first-order valence-corrected chi connectivity index (χ1v) is 6.14. The predicted octanol–water partition coefficient (Wildman–Crippen LogP) is 2.33. The van der Waals surface area contributed by atoms with Crippen molar-refractivity contribution in [2.45, 2.75) is 13.5 Å². The number of aryl methyl sites for hydroxylation is 1. The Morgan fingerprint density at radius 2 is 2.18 bits per heavy atom. The van der Waals surface area contributed by atoms with E-state index in [9.17, 15) is 0 Å². The Morgan fingerprint density at radius 1 is 1.29 bits per heavy atom. The summed E-state index contributed by atoms with van der Waals surface area (Å²) in [6.45, 7) is 2.74. The second-order valence-corrected chi connectivity index (χ2v) is 4.80. The zero-order valence-electron chi connectivity index (χ0n) is 9.27. The van der Waals surface area contributed by atoms with Crippen molar-refractivity contribution < 1.29 is 0 Å². The minimum atomic E-state index is 0.730. The molecule has 0 unspecified atom stereocenters. The van der Waals surface area contributed by atoms with Gasteiger partial charge in [-0.25, -0.2) is 4.98 Å². The van der Waals surface area contributed by atoms with Gasteiger partial charge >= 0.3 is 0 Å². The van der Waals surface area contributed by atoms with Crippen LogP contribution in [0.15, 0.2) is 23.6 Å². The van der Waals surface area contributed by atoms with Gasteiger partial charge in [0.25, 0.3) is 0 Å². The first kappa shape index (κ1) is 10.2. The van der Waals surface area contributed by atoms with Crippen LogP contribution in [0.1, 0.15) is 10.7 Å². The lowest BCUT2D eigenvalue weighted by Gasteiger charge is -2.03. The zero-order chi connectivity index (χ0) is 11.7. The molecule has 0 aliphatic carbocycles. The van der Waals surface area contributed by atoms with E-state index in [2.05, 4.69) is 31.1 Å². The fourth-order valence-electron chi connectivity index (χ4n) is 1.63. The highest BCUT2D eigenvalue weighted by Gasteiger charge is 2.01. The van der Waals surface area contributed by atoms with Crippen LogP contribution in [-0.2, 0) is 6.54 Å². The molecule has 0 bridgehead atoms. The van der Waals surface area contributed by atoms with Gasteiger partial charge in [0.1, 0.15) is 11.0 Å². The van der Waals surface area contributed by atoms with Crippen LogP contribution in [0.4, 0.5) is 5.69 Å². The van der Waals surface area contributed by atoms with Crippen molar-refractivity contribution in [1.82, 2.24) is 20.4 Å². The zero-order valence-corrected chi connectivity index (χ0v) is 10.1. The Morgan fingerprint density at radius 3 is 3.00 bits per heavy atom. The van der Waals surface area contributed by atoms with Gasteiger partial charge < -0.3 is 5.32 Å². The topological polar surface area (TPSA) is 66.5 Å². The quantitative estimate of drug-likeness (QED) is 0.743. The molecule has 3 rings (SSSR count). The van der Waals surface area contributed by atoms with E-state index in [0.717, 1.165) is 34.0 Å². The summed E-state index contributed by atoms with van der Waals surface area (Å²) in [4.78, 5) is 4.40. The SMILES string of the molecule is Cc1nc(CNc2ccc3n[nH]nc3c2)cs1. The highest BCUT2D eigenvalue weighted by atomic mass is 32.1. The molecule has 0 radical (unpaired) electrons. The monoisotopic (exact) mass is 245 g/mol. The molecule has 0 saturated heterocycles. The Kier molecular flexibility index (Phi) is 2.49. The third-order valence-electron chi connectivity index (χ3n) is 2.46. The largest absolute Gasteiger partial charge is 0.379 e. The van der Waals surface area contributed by atoms with Gasteiger partial charge in [0.05, 0.1) is 17.2 Å². The molecule has 0 atom stereocenters. The van der Waals surface area contributed by atoms with Crippen molar-refractivity contribution >= 4 is 28.1 Å². The predicted molar refractivity (Wildman–Crippen MR) is 68.1 cm³/mol. The molecular formula is C11H11N5S. The second kappa shape index (κ2) is 4.14. The number of benzene rings is 1. The lowest BCUT2D eigenvalue weighted by Crippen LogP contribution is -1.99. The van der Waals surface area contributed by atoms with Gasteiger partial charge in [-0.2, -0.15) is 15.4 Å². The number of thiazole rings is 1. The average Bonchev–Trinajstić information content (AvgIpc) is 2.94. The molecule has 5 nitrogen and oxygen atoms in total. The minimum absolute atomic E-state index is 0.730. The third-order valence-corrected chi connectivity index (χ3v) is 3.28. The first-order chi connectivity index (χ1) is 8.31. The van der Waals surface area contributed by atoms with Gasteiger partial charge in [0, 0.05) is 11.1 Å². The van der Waals surface area contributed by atoms with E-state index in [-0.39, 0.29) is 0 Å². The molecule has 0 saturated carbocycles. The summed E-state index contributed by atoms with van der Waals surface area (Å²) >= 11 is 1.67. The molecule has 17 heavy (non-hydrogen) atoms. The van der Waals surface area contributed by atoms with Crippen molar-refractivity contribution in [3.8, 4) is 0 Å². The van der Waals surface area contributed by atoms with E-state index in [4.69, 9.17) is 0 Å². The van der Waals surface area contributed by atoms with Crippen LogP contribution in [0.5, 0.6) is 0 Å². The van der Waals surface area contributed by atoms with Crippen LogP contribution in [0.3, 0.4) is 0 Å². The van der Waals surface area contributed by atoms with Crippen molar-refractivity contribution in [3.63, 3.8) is 0 Å². The summed E-state index contributed by atoms with van der Waals surface area (Å²) in [7, 11) is 0. The van der Waals surface area contributed by atoms with Crippen LogP contribution < -0.4 is 5.32 Å². The molecule has 0 aliphatic heterocycles. The van der Waals surface area contributed by atoms with Crippen LogP contribution in [0.25, 0.3) is 11.0 Å². The molecule has 2 aromatic heterocycles. The lowest BCUT2D eigenvalue weighted by atomic mass is 10.2. The minimum Gasteiger partial charge on any atom is -0.379 e. The number of aromatic amines is 1. The highest BCUT2D eigenvalue weighted by molar-refractivity contribution is 7.09. The fourth-order valence-corrected chi connectivity index (χ4v) is 2.24. The maximum atomic E-state index is 4.40. The average molecular weight is 245 g/mol. The number of rotatable bonds is 3. The molecular weight excluding hydrogens is 234 g/mol. The van der Waals surface area contributed by atoms with Gasteiger partial charge in [0.2, 0.25) is 0 Å². The molecule has 86 valence electrons. The Balaban J connectivity index is 1.76. The van der Waals surface area contributed by atoms with Gasteiger partial charge in [0.15, 0.2) is 0 Å². The lowest BCUT2D eigenvalue weighted by molar-refractivity contribution is 0.959. The molecule has 0 fully saturated rings. The fraction of sp³-hybridized carbons (Fsp3) is 0.182. The van der Waals surface area contributed by atoms with Crippen molar-refractivity contribution in [3.05, 3.63) is 34.3 Å². The van der Waals surface area contributed by atoms with Crippen LogP contribution >= 0.6 is 11.3 Å². The van der Waals surface area contributed by atoms with Crippen molar-refractivity contribution in [2.75, 3.05) is 5.32 Å². The number of anilines is 1. The standard InChI is InChI=1S/C11H11N5S/c1-7-13-9(6-17-7)5-12-8-2-3-10-11(4-8)15-16-14-10/h2-4,6,12H,5H2,1H3,(H,14,15,16). The number of hydrogen-bond donors (Lipinski definition) is 2. The summed E-state index contributed by atoms with van der Waals surface area (Å²) in [5.74, 6) is 0. The van der Waals surface area contributed by atoms with Gasteiger partial charge in [-0.05, 0) is 25.1 Å². The number of aromatic nitrogens is 4.